The summed E-state index contributed by atoms with van der Waals surface area (Å²) in [7, 11) is 1.37. The highest BCUT2D eigenvalue weighted by molar-refractivity contribution is 7.82. The summed E-state index contributed by atoms with van der Waals surface area (Å²) in [4.78, 5) is 31.5. The van der Waals surface area contributed by atoms with Crippen molar-refractivity contribution in [3.8, 4) is 0 Å². The molecule has 1 aliphatic rings. The average Bonchev–Trinajstić information content (AvgIpc) is 3.28. The van der Waals surface area contributed by atoms with E-state index in [4.69, 9.17) is 0 Å². The smallest absolute Gasteiger partial charge is 0.198 e. The molecule has 6 rings (SSSR count). The topological polar surface area (TPSA) is 37.4 Å². The van der Waals surface area contributed by atoms with E-state index in [2.05, 4.69) is 48.5 Å². The molecule has 3 nitrogen and oxygen atoms in total. The first kappa shape index (κ1) is 28.7. The van der Waals surface area contributed by atoms with Gasteiger partial charge in [0.1, 0.15) is 0 Å². The fraction of sp³-hybridized carbons (Fsp3) is 0.0526. The first-order valence-electron chi connectivity index (χ1n) is 14.2. The van der Waals surface area contributed by atoms with Gasteiger partial charge in [0.05, 0.1) is 5.57 Å². The van der Waals surface area contributed by atoms with Crippen LogP contribution in [0.1, 0.15) is 5.56 Å². The van der Waals surface area contributed by atoms with Crippen LogP contribution in [0, 0.1) is 0 Å². The number of nitrogens with zero attached hydrogens (tertiary/aromatic N) is 1. The Hall–Kier alpha value is -4.42. The maximum Gasteiger partial charge on any atom is 0.198 e. The van der Waals surface area contributed by atoms with Gasteiger partial charge in [-0.3, -0.25) is 9.59 Å². The van der Waals surface area contributed by atoms with Crippen molar-refractivity contribution in [3.05, 3.63) is 167 Å². The monoisotopic (exact) mass is 595 g/mol. The zero-order valence-corrected chi connectivity index (χ0v) is 25.9. The summed E-state index contributed by atoms with van der Waals surface area (Å²) in [5, 5.41) is 5.45. The Morgan fingerprint density at radius 1 is 0.465 bits per heavy atom. The van der Waals surface area contributed by atoms with E-state index in [0.29, 0.717) is 10.6 Å². The number of hydrogen-bond acceptors (Lipinski definition) is 3. The molecule has 0 unspecified atom stereocenters. The molecule has 0 amide bonds. The van der Waals surface area contributed by atoms with Crippen LogP contribution in [0.25, 0.3) is 6.08 Å². The van der Waals surface area contributed by atoms with E-state index < -0.39 is 15.8 Å². The Labute approximate surface area is 255 Å². The molecule has 0 spiro atoms. The molecule has 5 heteroatoms. The summed E-state index contributed by atoms with van der Waals surface area (Å²) in [5.74, 6) is -0.343. The van der Waals surface area contributed by atoms with E-state index in [1.807, 2.05) is 116 Å². The third-order valence-corrected chi connectivity index (χ3v) is 12.6. The molecule has 43 heavy (non-hydrogen) atoms. The van der Waals surface area contributed by atoms with Gasteiger partial charge in [-0.2, -0.15) is 0 Å². The molecule has 0 heterocycles. The third kappa shape index (κ3) is 5.93. The lowest BCUT2D eigenvalue weighted by Crippen LogP contribution is -2.18. The minimum absolute atomic E-state index is 0.171. The van der Waals surface area contributed by atoms with E-state index >= 15 is 0 Å². The van der Waals surface area contributed by atoms with Gasteiger partial charge in [-0.15, -0.1) is 0 Å². The molecular weight excluding hydrogens is 564 g/mol. The van der Waals surface area contributed by atoms with Gasteiger partial charge in [-0.1, -0.05) is 133 Å². The number of hydrogen-bond donors (Lipinski definition) is 0. The zero-order chi connectivity index (χ0) is 29.8. The van der Waals surface area contributed by atoms with Crippen LogP contribution in [0.2, 0.25) is 0 Å². The molecule has 0 N–H and O–H groups in total. The predicted molar refractivity (Wildman–Crippen MR) is 184 cm³/mol. The van der Waals surface area contributed by atoms with Crippen molar-refractivity contribution in [2.24, 2.45) is 0 Å². The summed E-state index contributed by atoms with van der Waals surface area (Å²) in [6.45, 7) is 0. The van der Waals surface area contributed by atoms with Gasteiger partial charge < -0.3 is 4.90 Å². The second-order valence-electron chi connectivity index (χ2n) is 10.4. The number of carbonyl (C=O) groups is 2. The summed E-state index contributed by atoms with van der Waals surface area (Å²) in [6, 6.07) is 48.6. The minimum atomic E-state index is -1.31. The van der Waals surface area contributed by atoms with E-state index in [1.54, 1.807) is 6.08 Å². The highest BCUT2D eigenvalue weighted by Crippen LogP contribution is 2.58. The van der Waals surface area contributed by atoms with Crippen molar-refractivity contribution in [2.45, 2.75) is 0 Å². The lowest BCUT2D eigenvalue weighted by atomic mass is 10.1. The number of carbonyl (C=O) groups excluding carboxylic acids is 2. The van der Waals surface area contributed by atoms with Crippen molar-refractivity contribution in [3.63, 3.8) is 0 Å². The highest BCUT2D eigenvalue weighted by Gasteiger charge is 2.44. The Kier molecular flexibility index (Phi) is 8.57. The second kappa shape index (κ2) is 12.8. The largest absolute Gasteiger partial charge is 0.378 e. The summed E-state index contributed by atoms with van der Waals surface area (Å²) in [6.07, 6.45) is 1.78. The number of allylic oxidation sites excluding steroid dienone is 3. The van der Waals surface area contributed by atoms with Gasteiger partial charge in [0.2, 0.25) is 0 Å². The van der Waals surface area contributed by atoms with Gasteiger partial charge in [0.15, 0.2) is 11.6 Å². The quantitative estimate of drug-likeness (QED) is 0.113. The summed E-state index contributed by atoms with van der Waals surface area (Å²) >= 11 is 0. The molecule has 210 valence electrons. The van der Waals surface area contributed by atoms with E-state index in [-0.39, 0.29) is 17.1 Å². The van der Waals surface area contributed by atoms with Crippen LogP contribution in [-0.2, 0) is 9.59 Å². The standard InChI is InChI=1S/C38H31NO2P2/c1-39(2)29-25-23-28(24-26-29)27-34-35(40)37(42(30-15-7-3-8-16-30)31-17-9-4-10-18-31)38(36(34)41)43(32-19-11-5-12-20-32)33-21-13-6-14-22-33/h3-27H,1-2H3. The van der Waals surface area contributed by atoms with Gasteiger partial charge in [-0.25, -0.2) is 0 Å². The number of Topliss-reactive ketones (excluding diaryl/α,β-unsaturated/α-hetero) is 2. The number of rotatable bonds is 8. The first-order valence-corrected chi connectivity index (χ1v) is 16.8. The second-order valence-corrected chi connectivity index (χ2v) is 14.7. The molecule has 0 fully saturated rings. The van der Waals surface area contributed by atoms with E-state index in [0.717, 1.165) is 32.5 Å². The van der Waals surface area contributed by atoms with Crippen LogP contribution < -0.4 is 26.1 Å². The van der Waals surface area contributed by atoms with Gasteiger partial charge in [0.25, 0.3) is 0 Å². The lowest BCUT2D eigenvalue weighted by Gasteiger charge is -2.25. The molecule has 0 radical (unpaired) electrons. The Morgan fingerprint density at radius 2 is 0.791 bits per heavy atom. The van der Waals surface area contributed by atoms with Crippen LogP contribution in [0.3, 0.4) is 0 Å². The van der Waals surface area contributed by atoms with Crippen molar-refractivity contribution < 1.29 is 9.59 Å². The maximum atomic E-state index is 14.7. The molecule has 1 aliphatic carbocycles. The minimum Gasteiger partial charge on any atom is -0.378 e. The molecule has 5 aromatic rings. The third-order valence-electron chi connectivity index (χ3n) is 7.37. The highest BCUT2D eigenvalue weighted by atomic mass is 31.1. The summed E-state index contributed by atoms with van der Waals surface area (Å²) < 4.78 is 0. The van der Waals surface area contributed by atoms with Crippen LogP contribution in [-0.4, -0.2) is 25.7 Å². The predicted octanol–water partition coefficient (Wildman–Crippen LogP) is 6.77. The van der Waals surface area contributed by atoms with Crippen LogP contribution in [0.5, 0.6) is 0 Å². The lowest BCUT2D eigenvalue weighted by molar-refractivity contribution is -0.115. The first-order chi connectivity index (χ1) is 21.0. The van der Waals surface area contributed by atoms with Crippen LogP contribution in [0.15, 0.2) is 162 Å². The van der Waals surface area contributed by atoms with Crippen molar-refractivity contribution in [1.29, 1.82) is 0 Å². The molecule has 0 saturated heterocycles. The van der Waals surface area contributed by atoms with Crippen LogP contribution in [0.4, 0.5) is 5.69 Å². The zero-order valence-electron chi connectivity index (χ0n) is 24.1. The van der Waals surface area contributed by atoms with Gasteiger partial charge in [0, 0.05) is 30.4 Å². The summed E-state index contributed by atoms with van der Waals surface area (Å²) in [5.41, 5.74) is 2.12. The molecule has 0 atom stereocenters. The van der Waals surface area contributed by atoms with Crippen molar-refractivity contribution in [2.75, 3.05) is 19.0 Å². The number of benzene rings is 5. The van der Waals surface area contributed by atoms with Gasteiger partial charge in [-0.05, 0) is 60.8 Å². The fourth-order valence-corrected chi connectivity index (χ4v) is 10.7. The normalized spacial score (nSPS) is 13.3. The molecule has 0 saturated carbocycles. The fourth-order valence-electron chi connectivity index (χ4n) is 5.28. The maximum absolute atomic E-state index is 14.7. The van der Waals surface area contributed by atoms with Crippen LogP contribution >= 0.6 is 15.8 Å². The molecule has 5 aromatic carbocycles. The molecule has 0 aromatic heterocycles. The molecule has 0 bridgehead atoms. The number of anilines is 1. The Morgan fingerprint density at radius 3 is 1.09 bits per heavy atom. The van der Waals surface area contributed by atoms with Crippen molar-refractivity contribution in [1.82, 2.24) is 0 Å². The number of ketones is 2. The molecular formula is C38H31NO2P2. The Balaban J connectivity index is 1.62. The van der Waals surface area contributed by atoms with Crippen molar-refractivity contribution >= 4 is 60.4 Å². The van der Waals surface area contributed by atoms with E-state index in [1.165, 1.54) is 0 Å². The Bertz CT molecular complexity index is 1610. The average molecular weight is 596 g/mol. The van der Waals surface area contributed by atoms with E-state index in [9.17, 15) is 9.59 Å². The molecule has 0 aliphatic heterocycles. The SMILES string of the molecule is CN(C)c1ccc(C=C2C(=O)C(P(c3ccccc3)c3ccccc3)=C(P(c3ccccc3)c3ccccc3)C2=O)cc1. The van der Waals surface area contributed by atoms with Gasteiger partial charge >= 0.3 is 0 Å².